The first-order valence-corrected chi connectivity index (χ1v) is 9.86. The maximum absolute atomic E-state index is 14.7. The predicted octanol–water partition coefficient (Wildman–Crippen LogP) is 2.39. The average molecular weight is 441 g/mol. The number of hydrogen-bond donors (Lipinski definition) is 0. The lowest BCUT2D eigenvalue weighted by atomic mass is 10.00. The van der Waals surface area contributed by atoms with E-state index in [1.54, 1.807) is 11.0 Å². The SMILES string of the molecule is [2H]C([2H])([2H])c1nc(C2=CC3CN(C(=O)c4cc(OC)ncc4-n4nccn4)CC3C2)nc(C([2H])([2H])[2H])c1F. The second-order valence-electron chi connectivity index (χ2n) is 7.65. The molecule has 1 amide bonds. The van der Waals surface area contributed by atoms with Gasteiger partial charge in [-0.3, -0.25) is 4.79 Å². The summed E-state index contributed by atoms with van der Waals surface area (Å²) in [5.41, 5.74) is -0.619. The molecule has 5 rings (SSSR count). The summed E-state index contributed by atoms with van der Waals surface area (Å²) in [6, 6.07) is 1.52. The average Bonchev–Trinajstić information content (AvgIpc) is 3.59. The summed E-state index contributed by atoms with van der Waals surface area (Å²) in [5.74, 6) is -1.72. The minimum Gasteiger partial charge on any atom is -0.481 e. The van der Waals surface area contributed by atoms with E-state index in [2.05, 4.69) is 25.1 Å². The molecule has 0 spiro atoms. The molecule has 32 heavy (non-hydrogen) atoms. The van der Waals surface area contributed by atoms with Gasteiger partial charge < -0.3 is 9.64 Å². The molecule has 164 valence electrons. The van der Waals surface area contributed by atoms with Crippen LogP contribution < -0.4 is 4.74 Å². The molecule has 2 atom stereocenters. The van der Waals surface area contributed by atoms with Gasteiger partial charge in [-0.1, -0.05) is 6.08 Å². The van der Waals surface area contributed by atoms with Crippen molar-refractivity contribution in [3.8, 4) is 11.6 Å². The van der Waals surface area contributed by atoms with Crippen molar-refractivity contribution in [3.05, 3.63) is 59.3 Å². The number of aryl methyl sites for hydroxylation is 2. The highest BCUT2D eigenvalue weighted by molar-refractivity contribution is 5.98. The third-order valence-electron chi connectivity index (χ3n) is 5.75. The van der Waals surface area contributed by atoms with E-state index in [0.29, 0.717) is 36.3 Å². The maximum Gasteiger partial charge on any atom is 0.256 e. The van der Waals surface area contributed by atoms with Gasteiger partial charge >= 0.3 is 0 Å². The molecule has 0 N–H and O–H groups in total. The number of aromatic nitrogens is 6. The summed E-state index contributed by atoms with van der Waals surface area (Å²) in [5, 5.41) is 8.18. The van der Waals surface area contributed by atoms with Crippen molar-refractivity contribution in [1.29, 1.82) is 0 Å². The molecule has 10 heteroatoms. The van der Waals surface area contributed by atoms with Crippen LogP contribution in [0.5, 0.6) is 5.88 Å². The Hall–Kier alpha value is -3.69. The molecule has 2 unspecified atom stereocenters. The molecule has 2 aliphatic rings. The van der Waals surface area contributed by atoms with Crippen LogP contribution in [-0.2, 0) is 0 Å². The highest BCUT2D eigenvalue weighted by Crippen LogP contribution is 2.41. The minimum absolute atomic E-state index is 0.0370. The van der Waals surface area contributed by atoms with Crippen LogP contribution in [0.25, 0.3) is 11.3 Å². The van der Waals surface area contributed by atoms with Gasteiger partial charge in [0.15, 0.2) is 11.6 Å². The largest absolute Gasteiger partial charge is 0.481 e. The van der Waals surface area contributed by atoms with E-state index in [9.17, 15) is 9.18 Å². The van der Waals surface area contributed by atoms with E-state index < -0.39 is 30.9 Å². The number of amides is 1. The number of hydrogen-bond acceptors (Lipinski definition) is 7. The number of allylic oxidation sites excluding steroid dienone is 1. The van der Waals surface area contributed by atoms with Crippen molar-refractivity contribution in [3.63, 3.8) is 0 Å². The summed E-state index contributed by atoms with van der Waals surface area (Å²) in [6.07, 6.45) is 6.60. The van der Waals surface area contributed by atoms with Gasteiger partial charge in [0.25, 0.3) is 5.91 Å². The molecule has 9 nitrogen and oxygen atoms in total. The van der Waals surface area contributed by atoms with Crippen LogP contribution in [0.4, 0.5) is 4.39 Å². The molecule has 3 aromatic rings. The summed E-state index contributed by atoms with van der Waals surface area (Å²) in [4.78, 5) is 28.5. The van der Waals surface area contributed by atoms with E-state index in [0.717, 1.165) is 0 Å². The van der Waals surface area contributed by atoms with Crippen LogP contribution in [0.3, 0.4) is 0 Å². The number of fused-ring (bicyclic) bond motifs is 1. The highest BCUT2D eigenvalue weighted by Gasteiger charge is 2.40. The number of likely N-dealkylation sites (tertiary alicyclic amines) is 1. The molecule has 0 aromatic carbocycles. The minimum atomic E-state index is -2.95. The van der Waals surface area contributed by atoms with E-state index >= 15 is 0 Å². The Kier molecular flexibility index (Phi) is 3.50. The normalized spacial score (nSPS) is 23.3. The van der Waals surface area contributed by atoms with E-state index in [1.165, 1.54) is 36.6 Å². The molecule has 1 aliphatic carbocycles. The van der Waals surface area contributed by atoms with Crippen molar-refractivity contribution in [1.82, 2.24) is 34.8 Å². The van der Waals surface area contributed by atoms with Gasteiger partial charge in [0.05, 0.1) is 42.7 Å². The van der Waals surface area contributed by atoms with Crippen LogP contribution in [0.1, 0.15) is 42.2 Å². The number of carbonyl (C=O) groups is 1. The fourth-order valence-corrected chi connectivity index (χ4v) is 4.21. The molecule has 1 saturated heterocycles. The zero-order chi connectivity index (χ0) is 27.4. The molecule has 0 radical (unpaired) electrons. The summed E-state index contributed by atoms with van der Waals surface area (Å²) < 4.78 is 65.5. The number of ether oxygens (including phenoxy) is 1. The smallest absolute Gasteiger partial charge is 0.256 e. The number of nitrogens with zero attached hydrogens (tertiary/aromatic N) is 7. The summed E-state index contributed by atoms with van der Waals surface area (Å²) in [6.45, 7) is -5.18. The van der Waals surface area contributed by atoms with Crippen molar-refractivity contribution < 1.29 is 22.1 Å². The van der Waals surface area contributed by atoms with Gasteiger partial charge in [-0.2, -0.15) is 10.2 Å². The third kappa shape index (κ3) is 3.41. The predicted molar refractivity (Wildman–Crippen MR) is 113 cm³/mol. The number of carbonyl (C=O) groups excluding carboxylic acids is 1. The quantitative estimate of drug-likeness (QED) is 0.613. The lowest BCUT2D eigenvalue weighted by molar-refractivity contribution is 0.0784. The van der Waals surface area contributed by atoms with Crippen molar-refractivity contribution >= 4 is 11.5 Å². The fourth-order valence-electron chi connectivity index (χ4n) is 4.21. The standard InChI is InChI=1S/C22H22FN7O2/c1-12-20(23)13(2)28-21(27-12)14-6-15-10-29(11-16(15)7-14)22(31)17-8-19(32-3)24-9-18(17)30-25-4-5-26-30/h4-6,8-9,15-16H,7,10-11H2,1-3H3/i1D3,2D3. The van der Waals surface area contributed by atoms with E-state index in [1.807, 2.05) is 0 Å². The molecule has 0 bridgehead atoms. The molecule has 3 aromatic heterocycles. The lowest BCUT2D eigenvalue weighted by Crippen LogP contribution is -2.30. The van der Waals surface area contributed by atoms with Crippen LogP contribution in [0.2, 0.25) is 0 Å². The highest BCUT2D eigenvalue weighted by atomic mass is 19.1. The Morgan fingerprint density at radius 3 is 2.62 bits per heavy atom. The number of pyridine rings is 1. The number of rotatable bonds is 4. The Morgan fingerprint density at radius 1 is 1.22 bits per heavy atom. The Balaban J connectivity index is 1.43. The number of halogens is 1. The van der Waals surface area contributed by atoms with Crippen LogP contribution in [0.15, 0.2) is 30.7 Å². The second kappa shape index (κ2) is 7.77. The van der Waals surface area contributed by atoms with Gasteiger partial charge in [-0.05, 0) is 37.5 Å². The zero-order valence-electron chi connectivity index (χ0n) is 23.0. The van der Waals surface area contributed by atoms with Crippen LogP contribution in [0, 0.1) is 31.4 Å². The Labute approximate surface area is 192 Å². The van der Waals surface area contributed by atoms with Gasteiger partial charge in [-0.15, -0.1) is 4.80 Å². The molecule has 0 saturated carbocycles. The topological polar surface area (TPSA) is 98.9 Å². The lowest BCUT2D eigenvalue weighted by Gasteiger charge is -2.19. The first-order valence-electron chi connectivity index (χ1n) is 12.9. The van der Waals surface area contributed by atoms with Gasteiger partial charge in [0, 0.05) is 27.4 Å². The Morgan fingerprint density at radius 2 is 1.97 bits per heavy atom. The Bertz CT molecular complexity index is 1390. The van der Waals surface area contributed by atoms with Gasteiger partial charge in [0.1, 0.15) is 5.69 Å². The van der Waals surface area contributed by atoms with Crippen LogP contribution in [-0.4, -0.2) is 61.0 Å². The first-order chi connectivity index (χ1) is 17.9. The maximum atomic E-state index is 14.7. The van der Waals surface area contributed by atoms with Gasteiger partial charge in [0.2, 0.25) is 5.88 Å². The second-order valence-corrected chi connectivity index (χ2v) is 7.65. The first kappa shape index (κ1) is 14.4. The molecule has 1 aliphatic heterocycles. The molecule has 1 fully saturated rings. The zero-order valence-corrected chi connectivity index (χ0v) is 17.0. The van der Waals surface area contributed by atoms with Crippen molar-refractivity contribution in [2.75, 3.05) is 20.2 Å². The summed E-state index contributed by atoms with van der Waals surface area (Å²) in [7, 11) is 1.45. The van der Waals surface area contributed by atoms with Crippen molar-refractivity contribution in [2.45, 2.75) is 20.1 Å². The third-order valence-corrected chi connectivity index (χ3v) is 5.75. The van der Waals surface area contributed by atoms with E-state index in [4.69, 9.17) is 13.0 Å². The van der Waals surface area contributed by atoms with Crippen molar-refractivity contribution in [2.24, 2.45) is 11.8 Å². The molecular weight excluding hydrogens is 413 g/mol. The van der Waals surface area contributed by atoms with Gasteiger partial charge in [-0.25, -0.2) is 19.3 Å². The number of methoxy groups -OCH3 is 1. The summed E-state index contributed by atoms with van der Waals surface area (Å²) >= 11 is 0. The fraction of sp³-hybridized carbons (Fsp3) is 0.364. The molecule has 4 heterocycles. The molecular formula is C22H22FN7O2. The van der Waals surface area contributed by atoms with E-state index in [-0.39, 0.29) is 29.4 Å². The van der Waals surface area contributed by atoms with Crippen LogP contribution >= 0.6 is 0 Å². The monoisotopic (exact) mass is 441 g/mol.